The Balaban J connectivity index is 2.00. The number of hydrogen-bond donors (Lipinski definition) is 1. The maximum atomic E-state index is 11.6. The molecule has 1 N–H and O–H groups in total. The van der Waals surface area contributed by atoms with Crippen molar-refractivity contribution in [2.24, 2.45) is 5.41 Å². The molecule has 4 heteroatoms. The zero-order valence-electron chi connectivity index (χ0n) is 13.7. The van der Waals surface area contributed by atoms with E-state index in [0.29, 0.717) is 6.54 Å². The monoisotopic (exact) mass is 374 g/mol. The second-order valence-electron chi connectivity index (χ2n) is 7.05. The van der Waals surface area contributed by atoms with Crippen LogP contribution in [0.4, 0.5) is 0 Å². The lowest BCUT2D eigenvalue weighted by molar-refractivity contribution is -0.0670. The van der Waals surface area contributed by atoms with Crippen LogP contribution in [-0.2, 0) is 6.54 Å². The first kappa shape index (κ1) is 16.5. The molecule has 0 radical (unpaired) electrons. The van der Waals surface area contributed by atoms with E-state index in [1.807, 2.05) is 22.9 Å². The number of aromatic nitrogens is 2. The lowest BCUT2D eigenvalue weighted by Gasteiger charge is -2.48. The second-order valence-corrected chi connectivity index (χ2v) is 7.97. The van der Waals surface area contributed by atoms with Gasteiger partial charge in [0.1, 0.15) is 5.60 Å². The Labute approximate surface area is 146 Å². The van der Waals surface area contributed by atoms with Crippen molar-refractivity contribution in [2.45, 2.75) is 45.3 Å². The van der Waals surface area contributed by atoms with Gasteiger partial charge >= 0.3 is 0 Å². The Bertz CT molecular complexity index is 689. The smallest absolute Gasteiger partial charge is 0.109 e. The largest absolute Gasteiger partial charge is 0.383 e. The molecule has 1 aliphatic carbocycles. The van der Waals surface area contributed by atoms with Crippen LogP contribution < -0.4 is 0 Å². The predicted molar refractivity (Wildman–Crippen MR) is 96.9 cm³/mol. The molecular weight excluding hydrogens is 352 g/mol. The molecule has 0 bridgehead atoms. The summed E-state index contributed by atoms with van der Waals surface area (Å²) in [6.45, 7) is 4.87. The summed E-state index contributed by atoms with van der Waals surface area (Å²) in [7, 11) is 0. The molecule has 0 spiro atoms. The summed E-state index contributed by atoms with van der Waals surface area (Å²) in [5.41, 5.74) is 1.21. The third-order valence-electron chi connectivity index (χ3n) is 5.08. The number of halogens is 1. The molecule has 0 aliphatic heterocycles. The van der Waals surface area contributed by atoms with Crippen LogP contribution in [0.1, 0.15) is 38.7 Å². The average molecular weight is 375 g/mol. The van der Waals surface area contributed by atoms with E-state index >= 15 is 0 Å². The van der Waals surface area contributed by atoms with E-state index in [0.717, 1.165) is 34.9 Å². The molecule has 1 aromatic carbocycles. The van der Waals surface area contributed by atoms with Crippen molar-refractivity contribution in [3.05, 3.63) is 58.6 Å². The summed E-state index contributed by atoms with van der Waals surface area (Å²) >= 11 is 3.47. The Kier molecular flexibility index (Phi) is 4.47. The molecule has 3 nitrogen and oxygen atoms in total. The molecule has 1 aromatic heterocycles. The molecule has 122 valence electrons. The fraction of sp³-hybridized carbons (Fsp3) is 0.421. The molecule has 1 heterocycles. The molecule has 1 fully saturated rings. The van der Waals surface area contributed by atoms with Crippen molar-refractivity contribution in [3.63, 3.8) is 0 Å². The van der Waals surface area contributed by atoms with E-state index in [2.05, 4.69) is 53.0 Å². The van der Waals surface area contributed by atoms with Crippen molar-refractivity contribution in [1.29, 1.82) is 0 Å². The highest BCUT2D eigenvalue weighted by Crippen LogP contribution is 2.48. The summed E-state index contributed by atoms with van der Waals surface area (Å²) in [4.78, 5) is 4.11. The van der Waals surface area contributed by atoms with Crippen LogP contribution >= 0.6 is 15.9 Å². The van der Waals surface area contributed by atoms with Crippen LogP contribution in [0.25, 0.3) is 6.08 Å². The average Bonchev–Trinajstić information content (AvgIpc) is 2.99. The van der Waals surface area contributed by atoms with Crippen molar-refractivity contribution >= 4 is 22.0 Å². The molecule has 2 aromatic rings. The zero-order valence-corrected chi connectivity index (χ0v) is 15.3. The van der Waals surface area contributed by atoms with E-state index < -0.39 is 5.60 Å². The summed E-state index contributed by atoms with van der Waals surface area (Å²) in [5, 5.41) is 11.6. The molecular formula is C19H23BrN2O. The van der Waals surface area contributed by atoms with E-state index in [1.54, 1.807) is 12.5 Å². The van der Waals surface area contributed by atoms with E-state index in [4.69, 9.17) is 0 Å². The van der Waals surface area contributed by atoms with E-state index in [-0.39, 0.29) is 5.41 Å². The van der Waals surface area contributed by atoms with Gasteiger partial charge in [0.15, 0.2) is 0 Å². The van der Waals surface area contributed by atoms with Crippen molar-refractivity contribution < 1.29 is 5.11 Å². The van der Waals surface area contributed by atoms with E-state index in [9.17, 15) is 5.11 Å². The van der Waals surface area contributed by atoms with Crippen LogP contribution in [0, 0.1) is 5.41 Å². The molecule has 3 rings (SSSR count). The molecule has 1 unspecified atom stereocenters. The first-order chi connectivity index (χ1) is 10.9. The van der Waals surface area contributed by atoms with Gasteiger partial charge in [0.25, 0.3) is 0 Å². The van der Waals surface area contributed by atoms with Crippen molar-refractivity contribution in [2.75, 3.05) is 0 Å². The van der Waals surface area contributed by atoms with Gasteiger partial charge in [-0.25, -0.2) is 4.98 Å². The minimum Gasteiger partial charge on any atom is -0.383 e. The highest BCUT2D eigenvalue weighted by atomic mass is 79.9. The topological polar surface area (TPSA) is 38.0 Å². The van der Waals surface area contributed by atoms with Crippen LogP contribution in [0.3, 0.4) is 0 Å². The lowest BCUT2D eigenvalue weighted by atomic mass is 9.62. The zero-order chi connectivity index (χ0) is 16.5. The van der Waals surface area contributed by atoms with Gasteiger partial charge in [-0.1, -0.05) is 48.0 Å². The number of benzene rings is 1. The standard InChI is InChI=1S/C19H23BrN2O/c1-18(2)9-3-4-16(12-15-5-7-17(20)8-6-15)19(18,23)13-22-11-10-21-14-22/h5-8,10-12,14,23H,3-4,9,13H2,1-2H3. The molecule has 1 aliphatic rings. The van der Waals surface area contributed by atoms with Crippen molar-refractivity contribution in [3.8, 4) is 0 Å². The Hall–Kier alpha value is -1.39. The highest BCUT2D eigenvalue weighted by Gasteiger charge is 2.48. The molecule has 1 saturated carbocycles. The van der Waals surface area contributed by atoms with Crippen LogP contribution in [-0.4, -0.2) is 20.3 Å². The van der Waals surface area contributed by atoms with Crippen LogP contribution in [0.15, 0.2) is 53.0 Å². The predicted octanol–water partition coefficient (Wildman–Crippen LogP) is 4.67. The van der Waals surface area contributed by atoms with Gasteiger partial charge < -0.3 is 9.67 Å². The van der Waals surface area contributed by atoms with Crippen LogP contribution in [0.5, 0.6) is 0 Å². The van der Waals surface area contributed by atoms with Crippen LogP contribution in [0.2, 0.25) is 0 Å². The van der Waals surface area contributed by atoms with Gasteiger partial charge in [0.05, 0.1) is 12.9 Å². The summed E-state index contributed by atoms with van der Waals surface area (Å²) in [5.74, 6) is 0. The number of hydrogen-bond acceptors (Lipinski definition) is 2. The van der Waals surface area contributed by atoms with Gasteiger partial charge in [-0.2, -0.15) is 0 Å². The minimum atomic E-state index is -0.862. The highest BCUT2D eigenvalue weighted by molar-refractivity contribution is 9.10. The Morgan fingerprint density at radius 3 is 2.70 bits per heavy atom. The fourth-order valence-electron chi connectivity index (χ4n) is 3.48. The maximum absolute atomic E-state index is 11.6. The normalized spacial score (nSPS) is 25.7. The molecule has 0 saturated heterocycles. The van der Waals surface area contributed by atoms with Gasteiger partial charge in [-0.3, -0.25) is 0 Å². The minimum absolute atomic E-state index is 0.170. The summed E-state index contributed by atoms with van der Waals surface area (Å²) in [6, 6.07) is 8.23. The first-order valence-corrected chi connectivity index (χ1v) is 8.85. The van der Waals surface area contributed by atoms with Gasteiger partial charge in [-0.15, -0.1) is 0 Å². The number of imidazole rings is 1. The van der Waals surface area contributed by atoms with E-state index in [1.165, 1.54) is 0 Å². The lowest BCUT2D eigenvalue weighted by Crippen LogP contribution is -2.51. The van der Waals surface area contributed by atoms with Gasteiger partial charge in [0, 0.05) is 16.9 Å². The Morgan fingerprint density at radius 1 is 1.30 bits per heavy atom. The number of rotatable bonds is 3. The van der Waals surface area contributed by atoms with Gasteiger partial charge in [0.2, 0.25) is 0 Å². The van der Waals surface area contributed by atoms with Gasteiger partial charge in [-0.05, 0) is 47.9 Å². The molecule has 23 heavy (non-hydrogen) atoms. The molecule has 1 atom stereocenters. The molecule has 0 amide bonds. The quantitative estimate of drug-likeness (QED) is 0.847. The maximum Gasteiger partial charge on any atom is 0.109 e. The summed E-state index contributed by atoms with van der Waals surface area (Å²) in [6.07, 6.45) is 10.7. The Morgan fingerprint density at radius 2 is 2.04 bits per heavy atom. The summed E-state index contributed by atoms with van der Waals surface area (Å²) < 4.78 is 3.04. The third kappa shape index (κ3) is 3.29. The second kappa shape index (κ2) is 6.25. The third-order valence-corrected chi connectivity index (χ3v) is 5.61. The van der Waals surface area contributed by atoms with Crippen molar-refractivity contribution in [1.82, 2.24) is 9.55 Å². The SMILES string of the molecule is CC1(C)CCCC(=Cc2ccc(Br)cc2)C1(O)Cn1ccnc1. The fourth-order valence-corrected chi connectivity index (χ4v) is 3.75. The number of aliphatic hydroxyl groups is 1. The first-order valence-electron chi connectivity index (χ1n) is 8.05. The number of nitrogens with zero attached hydrogens (tertiary/aromatic N) is 2.